The van der Waals surface area contributed by atoms with Crippen LogP contribution in [0.25, 0.3) is 0 Å². The summed E-state index contributed by atoms with van der Waals surface area (Å²) in [6, 6.07) is 23.6. The molecule has 30 heavy (non-hydrogen) atoms. The summed E-state index contributed by atoms with van der Waals surface area (Å²) in [5.74, 6) is 0.380. The largest absolute Gasteiger partial charge is 0.496 e. The Morgan fingerprint density at radius 1 is 0.867 bits per heavy atom. The maximum absolute atomic E-state index is 12.9. The molecular formula is C25H25NO4. The molecule has 0 aliphatic rings. The van der Waals surface area contributed by atoms with Crippen LogP contribution in [-0.2, 0) is 4.74 Å². The Hall–Kier alpha value is -3.60. The van der Waals surface area contributed by atoms with Gasteiger partial charge in [-0.15, -0.1) is 0 Å². The van der Waals surface area contributed by atoms with Crippen molar-refractivity contribution in [2.75, 3.05) is 19.0 Å². The van der Waals surface area contributed by atoms with Gasteiger partial charge in [-0.05, 0) is 37.3 Å². The van der Waals surface area contributed by atoms with E-state index in [2.05, 4.69) is 5.32 Å². The third-order valence-corrected chi connectivity index (χ3v) is 4.74. The first-order chi connectivity index (χ1) is 14.6. The van der Waals surface area contributed by atoms with Crippen molar-refractivity contribution >= 4 is 17.4 Å². The molecule has 5 nitrogen and oxygen atoms in total. The molecule has 0 radical (unpaired) electrons. The SMILES string of the molecule is CCOC(=O)c1ccc(N[C@H](CC(=O)c2ccccc2)c2ccccc2OC)cc1. The number of rotatable bonds is 9. The third-order valence-electron chi connectivity index (χ3n) is 4.74. The van der Waals surface area contributed by atoms with Crippen molar-refractivity contribution in [3.8, 4) is 5.75 Å². The fraction of sp³-hybridized carbons (Fsp3) is 0.200. The predicted molar refractivity (Wildman–Crippen MR) is 117 cm³/mol. The average molecular weight is 403 g/mol. The smallest absolute Gasteiger partial charge is 0.338 e. The van der Waals surface area contributed by atoms with E-state index >= 15 is 0 Å². The molecule has 154 valence electrons. The highest BCUT2D eigenvalue weighted by Gasteiger charge is 2.20. The van der Waals surface area contributed by atoms with Crippen LogP contribution in [0.2, 0.25) is 0 Å². The molecule has 0 heterocycles. The van der Waals surface area contributed by atoms with Gasteiger partial charge >= 0.3 is 5.97 Å². The Balaban J connectivity index is 1.86. The maximum atomic E-state index is 12.9. The standard InChI is InChI=1S/C25H25NO4/c1-3-30-25(28)19-13-15-20(16-14-19)26-22(21-11-7-8-12-24(21)29-2)17-23(27)18-9-5-4-6-10-18/h4-16,22,26H,3,17H2,1-2H3/t22-/m1/s1. The first kappa shape index (κ1) is 21.1. The van der Waals surface area contributed by atoms with Gasteiger partial charge in [0.2, 0.25) is 0 Å². The van der Waals surface area contributed by atoms with Crippen molar-refractivity contribution in [2.24, 2.45) is 0 Å². The third kappa shape index (κ3) is 5.26. The van der Waals surface area contributed by atoms with Crippen LogP contribution in [0.15, 0.2) is 78.9 Å². The summed E-state index contributed by atoms with van der Waals surface area (Å²) >= 11 is 0. The van der Waals surface area contributed by atoms with E-state index in [-0.39, 0.29) is 24.2 Å². The van der Waals surface area contributed by atoms with Gasteiger partial charge in [-0.2, -0.15) is 0 Å². The zero-order valence-electron chi connectivity index (χ0n) is 17.1. The molecule has 0 aliphatic carbocycles. The number of nitrogens with one attached hydrogen (secondary N) is 1. The monoisotopic (exact) mass is 403 g/mol. The van der Waals surface area contributed by atoms with Gasteiger partial charge in [-0.25, -0.2) is 4.79 Å². The van der Waals surface area contributed by atoms with E-state index in [4.69, 9.17) is 9.47 Å². The fourth-order valence-electron chi connectivity index (χ4n) is 3.24. The van der Waals surface area contributed by atoms with Gasteiger partial charge in [0.05, 0.1) is 25.3 Å². The molecular weight excluding hydrogens is 378 g/mol. The molecule has 0 spiro atoms. The summed E-state index contributed by atoms with van der Waals surface area (Å²) < 4.78 is 10.5. The van der Waals surface area contributed by atoms with E-state index in [1.165, 1.54) is 0 Å². The van der Waals surface area contributed by atoms with Crippen LogP contribution in [0.4, 0.5) is 5.69 Å². The maximum Gasteiger partial charge on any atom is 0.338 e. The molecule has 0 amide bonds. The van der Waals surface area contributed by atoms with Crippen LogP contribution in [-0.4, -0.2) is 25.5 Å². The van der Waals surface area contributed by atoms with Crippen LogP contribution in [0.1, 0.15) is 45.7 Å². The van der Waals surface area contributed by atoms with E-state index in [1.807, 2.05) is 66.7 Å². The number of anilines is 1. The van der Waals surface area contributed by atoms with Gasteiger partial charge in [0.1, 0.15) is 5.75 Å². The topological polar surface area (TPSA) is 64.6 Å². The van der Waals surface area contributed by atoms with Crippen LogP contribution in [0.5, 0.6) is 5.75 Å². The van der Waals surface area contributed by atoms with E-state index in [0.717, 1.165) is 11.3 Å². The molecule has 3 rings (SSSR count). The lowest BCUT2D eigenvalue weighted by Gasteiger charge is -2.22. The molecule has 3 aromatic rings. The zero-order valence-corrected chi connectivity index (χ0v) is 17.1. The predicted octanol–water partition coefficient (Wildman–Crippen LogP) is 5.30. The van der Waals surface area contributed by atoms with Crippen molar-refractivity contribution in [2.45, 2.75) is 19.4 Å². The molecule has 0 bridgehead atoms. The number of carbonyl (C=O) groups excluding carboxylic acids is 2. The minimum absolute atomic E-state index is 0.0298. The van der Waals surface area contributed by atoms with E-state index in [1.54, 1.807) is 26.2 Å². The van der Waals surface area contributed by atoms with Crippen LogP contribution >= 0.6 is 0 Å². The first-order valence-electron chi connectivity index (χ1n) is 9.87. The van der Waals surface area contributed by atoms with Gasteiger partial charge in [0.25, 0.3) is 0 Å². The Bertz CT molecular complexity index is 984. The molecule has 0 saturated carbocycles. The highest BCUT2D eigenvalue weighted by Crippen LogP contribution is 2.31. The van der Waals surface area contributed by atoms with Crippen molar-refractivity contribution in [3.05, 3.63) is 95.6 Å². The molecule has 0 saturated heterocycles. The van der Waals surface area contributed by atoms with Gasteiger partial charge < -0.3 is 14.8 Å². The minimum Gasteiger partial charge on any atom is -0.496 e. The molecule has 0 aromatic heterocycles. The average Bonchev–Trinajstić information content (AvgIpc) is 2.79. The number of ketones is 1. The van der Waals surface area contributed by atoms with E-state index in [0.29, 0.717) is 23.5 Å². The molecule has 3 aromatic carbocycles. The summed E-state index contributed by atoms with van der Waals surface area (Å²) in [4.78, 5) is 24.8. The summed E-state index contributed by atoms with van der Waals surface area (Å²) in [6.07, 6.45) is 0.254. The van der Waals surface area contributed by atoms with Crippen molar-refractivity contribution in [1.82, 2.24) is 0 Å². The van der Waals surface area contributed by atoms with Crippen molar-refractivity contribution in [3.63, 3.8) is 0 Å². The van der Waals surface area contributed by atoms with Crippen molar-refractivity contribution < 1.29 is 19.1 Å². The zero-order chi connectivity index (χ0) is 21.3. The van der Waals surface area contributed by atoms with E-state index in [9.17, 15) is 9.59 Å². The van der Waals surface area contributed by atoms with Gasteiger partial charge in [-0.3, -0.25) is 4.79 Å². The molecule has 1 N–H and O–H groups in total. The Labute approximate surface area is 176 Å². The fourth-order valence-corrected chi connectivity index (χ4v) is 3.24. The number of methoxy groups -OCH3 is 1. The van der Waals surface area contributed by atoms with Gasteiger partial charge in [0.15, 0.2) is 5.78 Å². The normalized spacial score (nSPS) is 11.4. The van der Waals surface area contributed by atoms with Crippen LogP contribution in [0, 0.1) is 0 Å². The Morgan fingerprint density at radius 3 is 2.20 bits per heavy atom. The quantitative estimate of drug-likeness (QED) is 0.388. The highest BCUT2D eigenvalue weighted by molar-refractivity contribution is 5.96. The second kappa shape index (κ2) is 10.3. The molecule has 5 heteroatoms. The summed E-state index contributed by atoms with van der Waals surface area (Å²) in [7, 11) is 1.61. The molecule has 0 fully saturated rings. The summed E-state index contributed by atoms with van der Waals surface area (Å²) in [6.45, 7) is 2.10. The van der Waals surface area contributed by atoms with Gasteiger partial charge in [0, 0.05) is 23.2 Å². The summed E-state index contributed by atoms with van der Waals surface area (Å²) in [5.41, 5.74) is 2.83. The van der Waals surface area contributed by atoms with Gasteiger partial charge in [-0.1, -0.05) is 48.5 Å². The molecule has 0 unspecified atom stereocenters. The number of benzene rings is 3. The Kier molecular flexibility index (Phi) is 7.22. The first-order valence-corrected chi connectivity index (χ1v) is 9.87. The second-order valence-electron chi connectivity index (χ2n) is 6.73. The number of carbonyl (C=O) groups is 2. The molecule has 1 atom stereocenters. The highest BCUT2D eigenvalue weighted by atomic mass is 16.5. The number of hydrogen-bond acceptors (Lipinski definition) is 5. The number of esters is 1. The minimum atomic E-state index is -0.357. The summed E-state index contributed by atoms with van der Waals surface area (Å²) in [5, 5.41) is 3.42. The van der Waals surface area contributed by atoms with Crippen LogP contribution in [0.3, 0.4) is 0 Å². The number of ether oxygens (including phenoxy) is 2. The number of para-hydroxylation sites is 1. The van der Waals surface area contributed by atoms with Crippen LogP contribution < -0.4 is 10.1 Å². The second-order valence-corrected chi connectivity index (χ2v) is 6.73. The van der Waals surface area contributed by atoms with E-state index < -0.39 is 0 Å². The lowest BCUT2D eigenvalue weighted by Crippen LogP contribution is -2.17. The Morgan fingerprint density at radius 2 is 1.53 bits per heavy atom. The molecule has 0 aliphatic heterocycles. The lowest BCUT2D eigenvalue weighted by molar-refractivity contribution is 0.0526. The number of hydrogen-bond donors (Lipinski definition) is 1. The van der Waals surface area contributed by atoms with Crippen molar-refractivity contribution in [1.29, 1.82) is 0 Å². The lowest BCUT2D eigenvalue weighted by atomic mass is 9.96. The number of Topliss-reactive ketones (excluding diaryl/α,β-unsaturated/α-hetero) is 1.